The van der Waals surface area contributed by atoms with E-state index < -0.39 is 5.60 Å². The highest BCUT2D eigenvalue weighted by molar-refractivity contribution is 6.03. The lowest BCUT2D eigenvalue weighted by atomic mass is 9.82. The predicted octanol–water partition coefficient (Wildman–Crippen LogP) is 3.67. The summed E-state index contributed by atoms with van der Waals surface area (Å²) >= 11 is 0. The Bertz CT molecular complexity index is 1440. The molecule has 0 saturated carbocycles. The van der Waals surface area contributed by atoms with Gasteiger partial charge in [-0.1, -0.05) is 6.07 Å². The summed E-state index contributed by atoms with van der Waals surface area (Å²) in [5.41, 5.74) is 2.89. The largest absolute Gasteiger partial charge is 0.496 e. The fourth-order valence-corrected chi connectivity index (χ4v) is 4.98. The number of Topliss-reactive ketones (excluding diaryl/α,β-unsaturated/α-hetero) is 1. The number of carbonyl (C=O) groups is 2. The maximum Gasteiger partial charge on any atom is 0.253 e. The minimum Gasteiger partial charge on any atom is -0.496 e. The van der Waals surface area contributed by atoms with Crippen molar-refractivity contribution in [1.29, 1.82) is 0 Å². The van der Waals surface area contributed by atoms with Crippen LogP contribution in [0.5, 0.6) is 11.5 Å². The smallest absolute Gasteiger partial charge is 0.253 e. The summed E-state index contributed by atoms with van der Waals surface area (Å²) in [4.78, 5) is 35.9. The van der Waals surface area contributed by atoms with Crippen LogP contribution in [0.4, 0.5) is 0 Å². The highest BCUT2D eigenvalue weighted by atomic mass is 16.5. The average Bonchev–Trinajstić information content (AvgIpc) is 3.32. The van der Waals surface area contributed by atoms with E-state index in [2.05, 4.69) is 20.2 Å². The molecule has 176 valence electrons. The quantitative estimate of drug-likeness (QED) is 0.487. The van der Waals surface area contributed by atoms with Crippen molar-refractivity contribution in [2.45, 2.75) is 24.9 Å². The lowest BCUT2D eigenvalue weighted by molar-refractivity contribution is -0.00599. The Balaban J connectivity index is 1.18. The molecule has 4 heterocycles. The zero-order valence-corrected chi connectivity index (χ0v) is 19.2. The first-order valence-electron chi connectivity index (χ1n) is 11.5. The van der Waals surface area contributed by atoms with Gasteiger partial charge in [-0.15, -0.1) is 0 Å². The molecule has 0 atom stereocenters. The fraction of sp³-hybridized carbons (Fsp3) is 0.269. The number of ether oxygens (including phenoxy) is 2. The molecule has 9 nitrogen and oxygen atoms in total. The normalized spacial score (nSPS) is 16.7. The van der Waals surface area contributed by atoms with E-state index in [1.165, 1.54) is 0 Å². The van der Waals surface area contributed by atoms with Gasteiger partial charge in [0.2, 0.25) is 0 Å². The Kier molecular flexibility index (Phi) is 4.98. The van der Waals surface area contributed by atoms with Gasteiger partial charge in [0.25, 0.3) is 5.91 Å². The lowest BCUT2D eigenvalue weighted by Gasteiger charge is -2.44. The maximum atomic E-state index is 13.3. The number of benzene rings is 2. The number of piperidine rings is 1. The number of aromatic nitrogens is 4. The average molecular weight is 470 g/mol. The van der Waals surface area contributed by atoms with E-state index in [0.29, 0.717) is 54.4 Å². The van der Waals surface area contributed by atoms with Crippen LogP contribution in [0.25, 0.3) is 22.4 Å². The number of methoxy groups -OCH3 is 1. The van der Waals surface area contributed by atoms with E-state index in [9.17, 15) is 9.59 Å². The Labute approximate surface area is 201 Å². The minimum atomic E-state index is -0.589. The van der Waals surface area contributed by atoms with Crippen molar-refractivity contribution < 1.29 is 19.1 Å². The monoisotopic (exact) mass is 469 g/mol. The van der Waals surface area contributed by atoms with Gasteiger partial charge >= 0.3 is 0 Å². The second kappa shape index (κ2) is 8.19. The second-order valence-electron chi connectivity index (χ2n) is 8.96. The molecule has 2 aliphatic rings. The van der Waals surface area contributed by atoms with Crippen LogP contribution in [0, 0.1) is 0 Å². The van der Waals surface area contributed by atoms with Crippen molar-refractivity contribution in [1.82, 2.24) is 25.1 Å². The van der Waals surface area contributed by atoms with Gasteiger partial charge in [0.05, 0.1) is 37.0 Å². The number of ketones is 1. The summed E-state index contributed by atoms with van der Waals surface area (Å²) in [7, 11) is 1.55. The maximum absolute atomic E-state index is 13.3. The van der Waals surface area contributed by atoms with Crippen molar-refractivity contribution in [3.05, 3.63) is 66.0 Å². The number of likely N-dealkylation sites (tertiary alicyclic amines) is 1. The molecule has 0 radical (unpaired) electrons. The lowest BCUT2D eigenvalue weighted by Crippen LogP contribution is -2.52. The van der Waals surface area contributed by atoms with Gasteiger partial charge in [0.1, 0.15) is 28.5 Å². The number of amides is 1. The van der Waals surface area contributed by atoms with E-state index >= 15 is 0 Å². The second-order valence-corrected chi connectivity index (χ2v) is 8.96. The molecule has 1 fully saturated rings. The molecule has 2 aromatic heterocycles. The van der Waals surface area contributed by atoms with Crippen LogP contribution in [-0.4, -0.2) is 62.6 Å². The number of hydrogen-bond donors (Lipinski definition) is 1. The van der Waals surface area contributed by atoms with Crippen LogP contribution >= 0.6 is 0 Å². The molecule has 1 amide bonds. The predicted molar refractivity (Wildman–Crippen MR) is 128 cm³/mol. The number of carbonyl (C=O) groups excluding carboxylic acids is 2. The van der Waals surface area contributed by atoms with Crippen molar-refractivity contribution in [2.75, 3.05) is 20.2 Å². The highest BCUT2D eigenvalue weighted by Gasteiger charge is 2.44. The van der Waals surface area contributed by atoms with Gasteiger partial charge in [-0.05, 0) is 36.4 Å². The van der Waals surface area contributed by atoms with Crippen molar-refractivity contribution in [2.24, 2.45) is 0 Å². The van der Waals surface area contributed by atoms with E-state index in [-0.39, 0.29) is 18.1 Å². The number of hydrogen-bond acceptors (Lipinski definition) is 7. The van der Waals surface area contributed by atoms with Gasteiger partial charge in [-0.25, -0.2) is 4.98 Å². The zero-order valence-electron chi connectivity index (χ0n) is 19.2. The minimum absolute atomic E-state index is 0.0216. The molecule has 0 unspecified atom stereocenters. The molecule has 9 heteroatoms. The number of imidazole rings is 1. The summed E-state index contributed by atoms with van der Waals surface area (Å²) in [5.74, 6) is 1.74. The third-order valence-electron chi connectivity index (χ3n) is 6.84. The summed E-state index contributed by atoms with van der Waals surface area (Å²) in [6.07, 6.45) is 4.72. The third-order valence-corrected chi connectivity index (χ3v) is 6.84. The van der Waals surface area contributed by atoms with Crippen molar-refractivity contribution in [3.63, 3.8) is 0 Å². The number of nitrogens with zero attached hydrogens (tertiary/aromatic N) is 4. The topological polar surface area (TPSA) is 110 Å². The molecule has 35 heavy (non-hydrogen) atoms. The van der Waals surface area contributed by atoms with Gasteiger partial charge in [0, 0.05) is 37.1 Å². The van der Waals surface area contributed by atoms with E-state index in [4.69, 9.17) is 9.47 Å². The van der Waals surface area contributed by atoms with E-state index in [0.717, 1.165) is 16.6 Å². The van der Waals surface area contributed by atoms with Crippen LogP contribution in [0.3, 0.4) is 0 Å². The Hall–Kier alpha value is -4.27. The highest BCUT2D eigenvalue weighted by Crippen LogP contribution is 2.42. The standard InChI is InChI=1S/C26H23N5O4/c1-34-21-3-2-4-22-23(21)20(32)14-26(35-22)8-11-31(12-9-26)25(33)16-5-6-18-19(13-16)30-24(29-18)17-7-10-27-28-15-17/h2-7,10,13,15H,8-9,11-12,14H2,1H3,(H,29,30). The number of nitrogens with one attached hydrogen (secondary N) is 1. The first-order chi connectivity index (χ1) is 17.0. The summed E-state index contributed by atoms with van der Waals surface area (Å²) in [5, 5.41) is 7.69. The molecular formula is C26H23N5O4. The first kappa shape index (κ1) is 21.3. The van der Waals surface area contributed by atoms with E-state index in [1.54, 1.807) is 31.6 Å². The molecule has 0 bridgehead atoms. The van der Waals surface area contributed by atoms with Crippen LogP contribution < -0.4 is 9.47 Å². The Morgan fingerprint density at radius 2 is 2.00 bits per heavy atom. The van der Waals surface area contributed by atoms with Gasteiger partial charge in [-0.2, -0.15) is 10.2 Å². The number of rotatable bonds is 3. The molecule has 6 rings (SSSR count). The van der Waals surface area contributed by atoms with Crippen LogP contribution in [0.15, 0.2) is 54.9 Å². The fourth-order valence-electron chi connectivity index (χ4n) is 4.98. The first-order valence-corrected chi connectivity index (χ1v) is 11.5. The summed E-state index contributed by atoms with van der Waals surface area (Å²) in [6.45, 7) is 1.03. The third kappa shape index (κ3) is 3.69. The SMILES string of the molecule is COc1cccc2c1C(=O)CC1(CCN(C(=O)c3ccc4nc(-c5ccnnc5)[nH]c4c3)CC1)O2. The summed E-state index contributed by atoms with van der Waals surface area (Å²) in [6, 6.07) is 12.7. The van der Waals surface area contributed by atoms with Crippen LogP contribution in [-0.2, 0) is 0 Å². The zero-order chi connectivity index (χ0) is 24.0. The molecule has 1 N–H and O–H groups in total. The number of fused-ring (bicyclic) bond motifs is 2. The molecule has 1 spiro atoms. The van der Waals surface area contributed by atoms with Gasteiger partial charge in [0.15, 0.2) is 5.78 Å². The Morgan fingerprint density at radius 3 is 2.77 bits per heavy atom. The van der Waals surface area contributed by atoms with Crippen LogP contribution in [0.2, 0.25) is 0 Å². The molecule has 2 aliphatic heterocycles. The van der Waals surface area contributed by atoms with Crippen molar-refractivity contribution >= 4 is 22.7 Å². The molecule has 2 aromatic carbocycles. The van der Waals surface area contributed by atoms with Crippen LogP contribution in [0.1, 0.15) is 40.0 Å². The van der Waals surface area contributed by atoms with Gasteiger partial charge in [-0.3, -0.25) is 9.59 Å². The Morgan fingerprint density at radius 1 is 1.14 bits per heavy atom. The summed E-state index contributed by atoms with van der Waals surface area (Å²) < 4.78 is 11.7. The number of H-pyrrole nitrogens is 1. The molecular weight excluding hydrogens is 446 g/mol. The van der Waals surface area contributed by atoms with Crippen molar-refractivity contribution in [3.8, 4) is 22.9 Å². The number of aromatic amines is 1. The molecule has 4 aromatic rings. The van der Waals surface area contributed by atoms with Gasteiger partial charge < -0.3 is 19.4 Å². The molecule has 0 aliphatic carbocycles. The van der Waals surface area contributed by atoms with E-state index in [1.807, 2.05) is 35.2 Å². The molecule has 1 saturated heterocycles.